The standard InChI is InChI=1S/C11H16N2O/c1-4-10(5-2)11(14)6-9-7-12-13(3)8-9/h4,7-8H,5-6H2,1-3H3. The van der Waals surface area contributed by atoms with E-state index in [0.29, 0.717) is 6.42 Å². The minimum atomic E-state index is 0.197. The predicted molar refractivity (Wildman–Crippen MR) is 56.0 cm³/mol. The first-order valence-electron chi connectivity index (χ1n) is 4.83. The Hall–Kier alpha value is -1.38. The molecule has 0 fully saturated rings. The van der Waals surface area contributed by atoms with Crippen LogP contribution in [0.4, 0.5) is 0 Å². The average Bonchev–Trinajstić information content (AvgIpc) is 2.53. The lowest BCUT2D eigenvalue weighted by molar-refractivity contribution is -0.115. The van der Waals surface area contributed by atoms with E-state index in [1.807, 2.05) is 33.2 Å². The van der Waals surface area contributed by atoms with Crippen molar-refractivity contribution in [1.82, 2.24) is 9.78 Å². The van der Waals surface area contributed by atoms with Gasteiger partial charge in [-0.3, -0.25) is 9.48 Å². The Morgan fingerprint density at radius 1 is 1.64 bits per heavy atom. The first-order chi connectivity index (χ1) is 6.67. The molecular weight excluding hydrogens is 176 g/mol. The predicted octanol–water partition coefficient (Wildman–Crippen LogP) is 1.89. The van der Waals surface area contributed by atoms with E-state index in [-0.39, 0.29) is 5.78 Å². The van der Waals surface area contributed by atoms with E-state index in [1.54, 1.807) is 10.9 Å². The van der Waals surface area contributed by atoms with Crippen molar-refractivity contribution in [2.24, 2.45) is 7.05 Å². The summed E-state index contributed by atoms with van der Waals surface area (Å²) in [7, 11) is 1.85. The number of hydrogen-bond donors (Lipinski definition) is 0. The summed E-state index contributed by atoms with van der Waals surface area (Å²) in [6.45, 7) is 3.90. The third kappa shape index (κ3) is 2.55. The van der Waals surface area contributed by atoms with Crippen LogP contribution >= 0.6 is 0 Å². The van der Waals surface area contributed by atoms with Crippen molar-refractivity contribution in [3.05, 3.63) is 29.6 Å². The zero-order valence-corrected chi connectivity index (χ0v) is 8.95. The van der Waals surface area contributed by atoms with Gasteiger partial charge in [0.25, 0.3) is 0 Å². The molecule has 0 aromatic carbocycles. The molecule has 1 aromatic heterocycles. The molecular formula is C11H16N2O. The number of carbonyl (C=O) groups excluding carboxylic acids is 1. The number of allylic oxidation sites excluding steroid dienone is 2. The minimum absolute atomic E-state index is 0.197. The number of ketones is 1. The van der Waals surface area contributed by atoms with Crippen LogP contribution in [-0.2, 0) is 18.3 Å². The smallest absolute Gasteiger partial charge is 0.162 e. The van der Waals surface area contributed by atoms with Crippen LogP contribution in [0.2, 0.25) is 0 Å². The van der Waals surface area contributed by atoms with Gasteiger partial charge in [-0.2, -0.15) is 5.10 Å². The topological polar surface area (TPSA) is 34.9 Å². The second-order valence-electron chi connectivity index (χ2n) is 3.29. The molecule has 1 aromatic rings. The SMILES string of the molecule is CC=C(CC)C(=O)Cc1cnn(C)c1. The van der Waals surface area contributed by atoms with Gasteiger partial charge in [0.2, 0.25) is 0 Å². The first kappa shape index (κ1) is 10.7. The number of carbonyl (C=O) groups is 1. The minimum Gasteiger partial charge on any atom is -0.294 e. The molecule has 0 amide bonds. The van der Waals surface area contributed by atoms with E-state index in [0.717, 1.165) is 17.6 Å². The summed E-state index contributed by atoms with van der Waals surface area (Å²) in [4.78, 5) is 11.7. The van der Waals surface area contributed by atoms with Crippen LogP contribution in [-0.4, -0.2) is 15.6 Å². The molecule has 0 aliphatic heterocycles. The van der Waals surface area contributed by atoms with Crippen LogP contribution in [0.1, 0.15) is 25.8 Å². The van der Waals surface area contributed by atoms with Crippen molar-refractivity contribution in [2.75, 3.05) is 0 Å². The molecule has 0 atom stereocenters. The normalized spacial score (nSPS) is 11.8. The molecule has 0 saturated carbocycles. The molecule has 0 aliphatic rings. The summed E-state index contributed by atoms with van der Waals surface area (Å²) in [5.41, 5.74) is 1.87. The number of aromatic nitrogens is 2. The van der Waals surface area contributed by atoms with Gasteiger partial charge in [-0.25, -0.2) is 0 Å². The molecule has 0 spiro atoms. The van der Waals surface area contributed by atoms with Crippen LogP contribution in [0.5, 0.6) is 0 Å². The zero-order valence-electron chi connectivity index (χ0n) is 8.95. The lowest BCUT2D eigenvalue weighted by Crippen LogP contribution is -2.05. The van der Waals surface area contributed by atoms with Gasteiger partial charge in [-0.15, -0.1) is 0 Å². The Morgan fingerprint density at radius 2 is 2.36 bits per heavy atom. The molecule has 0 aliphatic carbocycles. The Kier molecular flexibility index (Phi) is 3.63. The fraction of sp³-hybridized carbons (Fsp3) is 0.455. The number of Topliss-reactive ketones (excluding diaryl/α,β-unsaturated/α-hetero) is 1. The van der Waals surface area contributed by atoms with E-state index in [4.69, 9.17) is 0 Å². The fourth-order valence-corrected chi connectivity index (χ4v) is 1.42. The number of nitrogens with zero attached hydrogens (tertiary/aromatic N) is 2. The van der Waals surface area contributed by atoms with Gasteiger partial charge >= 0.3 is 0 Å². The van der Waals surface area contributed by atoms with Crippen molar-refractivity contribution in [2.45, 2.75) is 26.7 Å². The van der Waals surface area contributed by atoms with Gasteiger partial charge in [0, 0.05) is 19.7 Å². The van der Waals surface area contributed by atoms with Crippen LogP contribution < -0.4 is 0 Å². The highest BCUT2D eigenvalue weighted by atomic mass is 16.1. The van der Waals surface area contributed by atoms with Gasteiger partial charge < -0.3 is 0 Å². The molecule has 0 bridgehead atoms. The second kappa shape index (κ2) is 4.74. The quantitative estimate of drug-likeness (QED) is 0.683. The Morgan fingerprint density at radius 3 is 2.79 bits per heavy atom. The molecule has 0 radical (unpaired) electrons. The maximum Gasteiger partial charge on any atom is 0.162 e. The maximum atomic E-state index is 11.7. The lowest BCUT2D eigenvalue weighted by Gasteiger charge is -2.00. The molecule has 0 unspecified atom stereocenters. The molecule has 76 valence electrons. The van der Waals surface area contributed by atoms with Gasteiger partial charge in [0.1, 0.15) is 0 Å². The summed E-state index contributed by atoms with van der Waals surface area (Å²) >= 11 is 0. The summed E-state index contributed by atoms with van der Waals surface area (Å²) < 4.78 is 1.71. The van der Waals surface area contributed by atoms with Crippen molar-refractivity contribution >= 4 is 5.78 Å². The zero-order chi connectivity index (χ0) is 10.6. The summed E-state index contributed by atoms with van der Waals surface area (Å²) in [5.74, 6) is 0.197. The number of aryl methyl sites for hydroxylation is 1. The van der Waals surface area contributed by atoms with Gasteiger partial charge in [0.05, 0.1) is 6.20 Å². The van der Waals surface area contributed by atoms with E-state index in [2.05, 4.69) is 5.10 Å². The van der Waals surface area contributed by atoms with Gasteiger partial charge in [-0.1, -0.05) is 13.0 Å². The molecule has 0 N–H and O–H groups in total. The molecule has 3 heteroatoms. The highest BCUT2D eigenvalue weighted by molar-refractivity contribution is 5.96. The Balaban J connectivity index is 2.66. The number of hydrogen-bond acceptors (Lipinski definition) is 2. The Bertz CT molecular complexity index is 350. The summed E-state index contributed by atoms with van der Waals surface area (Å²) in [6, 6.07) is 0. The second-order valence-corrected chi connectivity index (χ2v) is 3.29. The van der Waals surface area contributed by atoms with E-state index in [9.17, 15) is 4.79 Å². The molecule has 1 heterocycles. The summed E-state index contributed by atoms with van der Waals surface area (Å²) in [5, 5.41) is 4.03. The van der Waals surface area contributed by atoms with Crippen molar-refractivity contribution in [3.63, 3.8) is 0 Å². The molecule has 0 saturated heterocycles. The van der Waals surface area contributed by atoms with Crippen LogP contribution in [0.25, 0.3) is 0 Å². The first-order valence-corrected chi connectivity index (χ1v) is 4.83. The van der Waals surface area contributed by atoms with E-state index >= 15 is 0 Å². The Labute approximate surface area is 84.4 Å². The van der Waals surface area contributed by atoms with Gasteiger partial charge in [0.15, 0.2) is 5.78 Å². The third-order valence-corrected chi connectivity index (χ3v) is 2.21. The van der Waals surface area contributed by atoms with Crippen molar-refractivity contribution in [3.8, 4) is 0 Å². The fourth-order valence-electron chi connectivity index (χ4n) is 1.42. The largest absolute Gasteiger partial charge is 0.294 e. The monoisotopic (exact) mass is 192 g/mol. The van der Waals surface area contributed by atoms with Gasteiger partial charge in [-0.05, 0) is 24.5 Å². The third-order valence-electron chi connectivity index (χ3n) is 2.21. The van der Waals surface area contributed by atoms with Crippen molar-refractivity contribution in [1.29, 1.82) is 0 Å². The molecule has 14 heavy (non-hydrogen) atoms. The highest BCUT2D eigenvalue weighted by Gasteiger charge is 2.08. The van der Waals surface area contributed by atoms with Crippen LogP contribution in [0.3, 0.4) is 0 Å². The summed E-state index contributed by atoms with van der Waals surface area (Å²) in [6.07, 6.45) is 6.76. The number of rotatable bonds is 4. The molecule has 3 nitrogen and oxygen atoms in total. The van der Waals surface area contributed by atoms with Crippen molar-refractivity contribution < 1.29 is 4.79 Å². The van der Waals surface area contributed by atoms with Crippen LogP contribution in [0, 0.1) is 0 Å². The average molecular weight is 192 g/mol. The van der Waals surface area contributed by atoms with E-state index < -0.39 is 0 Å². The molecule has 1 rings (SSSR count). The highest BCUT2D eigenvalue weighted by Crippen LogP contribution is 2.07. The van der Waals surface area contributed by atoms with E-state index in [1.165, 1.54) is 0 Å². The van der Waals surface area contributed by atoms with Crippen LogP contribution in [0.15, 0.2) is 24.0 Å². The maximum absolute atomic E-state index is 11.7. The lowest BCUT2D eigenvalue weighted by atomic mass is 10.0.